The Morgan fingerprint density at radius 3 is 2.07 bits per heavy atom. The maximum Gasteiger partial charge on any atom is 0.421 e. The summed E-state index contributed by atoms with van der Waals surface area (Å²) >= 11 is 0. The number of likely N-dealkylation sites (tertiary alicyclic amines) is 1. The molecule has 160 valence electrons. The van der Waals surface area contributed by atoms with E-state index in [1.54, 1.807) is 0 Å². The molecule has 0 aromatic heterocycles. The minimum atomic E-state index is -4.77. The molecule has 1 heterocycles. The van der Waals surface area contributed by atoms with Gasteiger partial charge in [-0.3, -0.25) is 4.79 Å². The fourth-order valence-electron chi connectivity index (χ4n) is 4.28. The largest absolute Gasteiger partial charge is 0.421 e. The van der Waals surface area contributed by atoms with Crippen molar-refractivity contribution in [2.24, 2.45) is 5.92 Å². The summed E-state index contributed by atoms with van der Waals surface area (Å²) in [6.45, 7) is 3.91. The molecule has 3 aliphatic rings. The number of amides is 1. The number of rotatable bonds is 6. The van der Waals surface area contributed by atoms with Crippen molar-refractivity contribution in [3.63, 3.8) is 0 Å². The molecule has 1 N–H and O–H groups in total. The Morgan fingerprint density at radius 1 is 1.03 bits per heavy atom. The zero-order valence-corrected chi connectivity index (χ0v) is 16.8. The first-order valence-electron chi connectivity index (χ1n) is 10.6. The SMILES string of the molecule is C[C@](O)(c1ccc(C(=O)N(C2CC2)C2CCN(CC3CC3)CC2)cc1)C(F)(F)F. The molecule has 4 rings (SSSR count). The summed E-state index contributed by atoms with van der Waals surface area (Å²) in [6.07, 6.45) is 1.80. The number of carbonyl (C=O) groups excluding carboxylic acids is 1. The number of hydrogen-bond donors (Lipinski definition) is 1. The van der Waals surface area contributed by atoms with Crippen LogP contribution in [0.25, 0.3) is 0 Å². The van der Waals surface area contributed by atoms with Gasteiger partial charge in [0.1, 0.15) is 0 Å². The molecule has 4 nitrogen and oxygen atoms in total. The third-order valence-electron chi connectivity index (χ3n) is 6.58. The average molecular weight is 410 g/mol. The van der Waals surface area contributed by atoms with Crippen LogP contribution in [0.15, 0.2) is 24.3 Å². The highest BCUT2D eigenvalue weighted by Crippen LogP contribution is 2.39. The van der Waals surface area contributed by atoms with Gasteiger partial charge in [0.15, 0.2) is 5.60 Å². The van der Waals surface area contributed by atoms with Crippen LogP contribution < -0.4 is 0 Å². The number of carbonyl (C=O) groups is 1. The van der Waals surface area contributed by atoms with E-state index in [4.69, 9.17) is 0 Å². The highest BCUT2D eigenvalue weighted by Gasteiger charge is 2.51. The van der Waals surface area contributed by atoms with Crippen LogP contribution in [0.4, 0.5) is 13.2 Å². The highest BCUT2D eigenvalue weighted by atomic mass is 19.4. The fourth-order valence-corrected chi connectivity index (χ4v) is 4.28. The van der Waals surface area contributed by atoms with Gasteiger partial charge in [-0.05, 0) is 69.1 Å². The van der Waals surface area contributed by atoms with Gasteiger partial charge in [-0.25, -0.2) is 0 Å². The molecule has 1 saturated heterocycles. The second-order valence-corrected chi connectivity index (χ2v) is 9.07. The van der Waals surface area contributed by atoms with Crippen LogP contribution in [0.3, 0.4) is 0 Å². The van der Waals surface area contributed by atoms with Gasteiger partial charge in [0.2, 0.25) is 0 Å². The van der Waals surface area contributed by atoms with Crippen molar-refractivity contribution in [2.45, 2.75) is 69.3 Å². The summed E-state index contributed by atoms with van der Waals surface area (Å²) in [5.41, 5.74) is -2.80. The predicted molar refractivity (Wildman–Crippen MR) is 103 cm³/mol. The van der Waals surface area contributed by atoms with E-state index in [0.717, 1.165) is 51.6 Å². The molecule has 1 atom stereocenters. The van der Waals surface area contributed by atoms with Gasteiger partial charge in [-0.2, -0.15) is 13.2 Å². The number of alkyl halides is 3. The maximum absolute atomic E-state index is 13.2. The van der Waals surface area contributed by atoms with Gasteiger partial charge >= 0.3 is 6.18 Å². The quantitative estimate of drug-likeness (QED) is 0.773. The summed E-state index contributed by atoms with van der Waals surface area (Å²) in [6, 6.07) is 5.70. The van der Waals surface area contributed by atoms with Gasteiger partial charge in [0.05, 0.1) is 0 Å². The van der Waals surface area contributed by atoms with E-state index in [9.17, 15) is 23.1 Å². The van der Waals surface area contributed by atoms with Crippen molar-refractivity contribution in [3.8, 4) is 0 Å². The van der Waals surface area contributed by atoms with Gasteiger partial charge in [-0.15, -0.1) is 0 Å². The van der Waals surface area contributed by atoms with Gasteiger partial charge in [-0.1, -0.05) is 12.1 Å². The minimum absolute atomic E-state index is 0.105. The summed E-state index contributed by atoms with van der Waals surface area (Å²) < 4.78 is 39.1. The molecule has 7 heteroatoms. The molecular weight excluding hydrogens is 381 g/mol. The first-order valence-corrected chi connectivity index (χ1v) is 10.6. The molecule has 1 amide bonds. The van der Waals surface area contributed by atoms with Crippen LogP contribution in [0.5, 0.6) is 0 Å². The lowest BCUT2D eigenvalue weighted by Gasteiger charge is -2.39. The third-order valence-corrected chi connectivity index (χ3v) is 6.58. The Bertz CT molecular complexity index is 731. The molecule has 0 spiro atoms. The van der Waals surface area contributed by atoms with Gasteiger partial charge < -0.3 is 14.9 Å². The molecule has 1 aliphatic heterocycles. The van der Waals surface area contributed by atoms with E-state index in [1.165, 1.54) is 43.7 Å². The molecule has 1 aromatic carbocycles. The smallest absolute Gasteiger partial charge is 0.376 e. The molecule has 1 aromatic rings. The van der Waals surface area contributed by atoms with E-state index in [0.29, 0.717) is 5.56 Å². The molecule has 3 fully saturated rings. The van der Waals surface area contributed by atoms with Crippen molar-refractivity contribution in [3.05, 3.63) is 35.4 Å². The van der Waals surface area contributed by atoms with E-state index >= 15 is 0 Å². The molecule has 0 bridgehead atoms. The van der Waals surface area contributed by atoms with Gasteiger partial charge in [0.25, 0.3) is 5.91 Å². The Balaban J connectivity index is 1.44. The Hall–Kier alpha value is -1.60. The fraction of sp³-hybridized carbons (Fsp3) is 0.682. The lowest BCUT2D eigenvalue weighted by Crippen LogP contribution is -2.48. The van der Waals surface area contributed by atoms with Crippen LogP contribution in [-0.4, -0.2) is 58.7 Å². The first kappa shape index (κ1) is 20.7. The second kappa shape index (κ2) is 7.58. The van der Waals surface area contributed by atoms with Crippen molar-refractivity contribution < 1.29 is 23.1 Å². The minimum Gasteiger partial charge on any atom is -0.376 e. The van der Waals surface area contributed by atoms with E-state index in [1.807, 2.05) is 4.90 Å². The molecular formula is C22H29F3N2O2. The van der Waals surface area contributed by atoms with E-state index in [2.05, 4.69) is 4.90 Å². The van der Waals surface area contributed by atoms with Crippen LogP contribution in [0.2, 0.25) is 0 Å². The van der Waals surface area contributed by atoms with Crippen LogP contribution in [0.1, 0.15) is 61.4 Å². The van der Waals surface area contributed by atoms with Crippen molar-refractivity contribution in [1.29, 1.82) is 0 Å². The standard InChI is InChI=1S/C22H29F3N2O2/c1-21(29,22(23,24)25)17-6-4-16(5-7-17)20(28)27(18-8-9-18)19-10-12-26(13-11-19)14-15-2-3-15/h4-7,15,18-19,29H,2-3,8-14H2,1H3/t21-/m0/s1. The van der Waals surface area contributed by atoms with Crippen LogP contribution in [0, 0.1) is 5.92 Å². The molecule has 0 radical (unpaired) electrons. The highest BCUT2D eigenvalue weighted by molar-refractivity contribution is 5.95. The number of hydrogen-bond acceptors (Lipinski definition) is 3. The van der Waals surface area contributed by atoms with Crippen molar-refractivity contribution >= 4 is 5.91 Å². The van der Waals surface area contributed by atoms with Crippen molar-refractivity contribution in [2.75, 3.05) is 19.6 Å². The first-order chi connectivity index (χ1) is 13.7. The Labute approximate surface area is 169 Å². The normalized spacial score (nSPS) is 23.6. The molecule has 0 unspecified atom stereocenters. The lowest BCUT2D eigenvalue weighted by atomic mass is 9.94. The van der Waals surface area contributed by atoms with E-state index in [-0.39, 0.29) is 23.6 Å². The Kier molecular flexibility index (Phi) is 5.40. The third kappa shape index (κ3) is 4.45. The zero-order chi connectivity index (χ0) is 20.8. The van der Waals surface area contributed by atoms with Crippen molar-refractivity contribution in [1.82, 2.24) is 9.80 Å². The summed E-state index contributed by atoms with van der Waals surface area (Å²) in [7, 11) is 0. The topological polar surface area (TPSA) is 43.8 Å². The maximum atomic E-state index is 13.2. The predicted octanol–water partition coefficient (Wildman–Crippen LogP) is 3.94. The molecule has 2 saturated carbocycles. The average Bonchev–Trinajstić information content (AvgIpc) is 3.58. The van der Waals surface area contributed by atoms with Crippen LogP contribution >= 0.6 is 0 Å². The van der Waals surface area contributed by atoms with E-state index < -0.39 is 11.8 Å². The lowest BCUT2D eigenvalue weighted by molar-refractivity contribution is -0.258. The molecule has 29 heavy (non-hydrogen) atoms. The number of piperidine rings is 1. The number of nitrogens with zero attached hydrogens (tertiary/aromatic N) is 2. The number of halogens is 3. The monoisotopic (exact) mass is 410 g/mol. The van der Waals surface area contributed by atoms with Crippen LogP contribution in [-0.2, 0) is 5.60 Å². The molecule has 2 aliphatic carbocycles. The summed E-state index contributed by atoms with van der Waals surface area (Å²) in [5.74, 6) is 0.756. The number of aliphatic hydroxyl groups is 1. The summed E-state index contributed by atoms with van der Waals surface area (Å²) in [5, 5.41) is 9.83. The zero-order valence-electron chi connectivity index (χ0n) is 16.8. The Morgan fingerprint density at radius 2 is 1.59 bits per heavy atom. The number of benzene rings is 1. The second-order valence-electron chi connectivity index (χ2n) is 9.07. The van der Waals surface area contributed by atoms with Gasteiger partial charge in [0, 0.05) is 37.3 Å². The summed E-state index contributed by atoms with van der Waals surface area (Å²) in [4.78, 5) is 17.7.